The number of rotatable bonds is 5. The lowest BCUT2D eigenvalue weighted by Crippen LogP contribution is -2.37. The van der Waals surface area contributed by atoms with Crippen LogP contribution < -0.4 is 16.0 Å². The summed E-state index contributed by atoms with van der Waals surface area (Å²) < 4.78 is 0. The minimum absolute atomic E-state index is 0.667. The Bertz CT molecular complexity index is 290. The smallest absolute Gasteiger partial charge is 0.166 e. The highest BCUT2D eigenvalue weighted by Gasteiger charge is 1.92. The predicted octanol–water partition coefficient (Wildman–Crippen LogP) is -0.340. The molecule has 0 aliphatic heterocycles. The van der Waals surface area contributed by atoms with Gasteiger partial charge in [0.25, 0.3) is 0 Å². The second-order valence-electron chi connectivity index (χ2n) is 2.93. The van der Waals surface area contributed by atoms with E-state index in [9.17, 15) is 0 Å². The number of hydrogen-bond acceptors (Lipinski definition) is 4. The summed E-state index contributed by atoms with van der Waals surface area (Å²) in [5.41, 5.74) is 1.08. The van der Waals surface area contributed by atoms with Gasteiger partial charge in [0.2, 0.25) is 0 Å². The van der Waals surface area contributed by atoms with Gasteiger partial charge in [-0.3, -0.25) is 0 Å². The van der Waals surface area contributed by atoms with Crippen molar-refractivity contribution in [1.29, 1.82) is 0 Å². The van der Waals surface area contributed by atoms with E-state index >= 15 is 0 Å². The Hall–Kier alpha value is -1.27. The fourth-order valence-electron chi connectivity index (χ4n) is 1.01. The molecule has 0 radical (unpaired) electrons. The van der Waals surface area contributed by atoms with Gasteiger partial charge in [0, 0.05) is 44.6 Å². The number of hydrogen-bond donors (Lipinski definition) is 3. The highest BCUT2D eigenvalue weighted by molar-refractivity contribution is 7.80. The molecule has 0 saturated heterocycles. The van der Waals surface area contributed by atoms with Crippen LogP contribution in [0.15, 0.2) is 18.7 Å². The first-order chi connectivity index (χ1) is 7.33. The van der Waals surface area contributed by atoms with E-state index in [2.05, 4.69) is 25.9 Å². The average Bonchev–Trinajstić information content (AvgIpc) is 2.29. The van der Waals surface area contributed by atoms with Gasteiger partial charge < -0.3 is 16.0 Å². The topological polar surface area (TPSA) is 61.9 Å². The standard InChI is InChI=1S/C9H15N5S/c1-10-9(15)14-3-2-11-4-8-5-12-7-13-6-8/h5-7,11H,2-4H2,1H3,(H2,10,14,15). The van der Waals surface area contributed by atoms with Crippen LogP contribution in [0.5, 0.6) is 0 Å². The van der Waals surface area contributed by atoms with Crippen molar-refractivity contribution in [3.63, 3.8) is 0 Å². The van der Waals surface area contributed by atoms with E-state index in [1.165, 1.54) is 6.33 Å². The lowest BCUT2D eigenvalue weighted by atomic mass is 10.3. The van der Waals surface area contributed by atoms with Crippen molar-refractivity contribution in [2.24, 2.45) is 0 Å². The number of aromatic nitrogens is 2. The summed E-state index contributed by atoms with van der Waals surface area (Å²) in [5.74, 6) is 0. The van der Waals surface area contributed by atoms with Gasteiger partial charge in [-0.25, -0.2) is 9.97 Å². The zero-order chi connectivity index (χ0) is 10.9. The summed E-state index contributed by atoms with van der Waals surface area (Å²) in [6.07, 6.45) is 5.12. The van der Waals surface area contributed by atoms with Crippen molar-refractivity contribution in [1.82, 2.24) is 25.9 Å². The van der Waals surface area contributed by atoms with Crippen LogP contribution in [0.25, 0.3) is 0 Å². The third kappa shape index (κ3) is 5.24. The van der Waals surface area contributed by atoms with Crippen LogP contribution in [0.3, 0.4) is 0 Å². The van der Waals surface area contributed by atoms with Gasteiger partial charge in [0.15, 0.2) is 5.11 Å². The molecular formula is C9H15N5S. The Labute approximate surface area is 94.7 Å². The summed E-state index contributed by atoms with van der Waals surface area (Å²) >= 11 is 4.93. The molecule has 5 nitrogen and oxygen atoms in total. The molecule has 0 bridgehead atoms. The van der Waals surface area contributed by atoms with Crippen molar-refractivity contribution < 1.29 is 0 Å². The molecule has 1 aromatic heterocycles. The average molecular weight is 225 g/mol. The third-order valence-electron chi connectivity index (χ3n) is 1.76. The first kappa shape index (κ1) is 11.8. The second kappa shape index (κ2) is 7.08. The van der Waals surface area contributed by atoms with E-state index in [4.69, 9.17) is 12.2 Å². The van der Waals surface area contributed by atoms with Crippen LogP contribution in [0.2, 0.25) is 0 Å². The molecule has 0 aliphatic rings. The van der Waals surface area contributed by atoms with Gasteiger partial charge in [-0.05, 0) is 12.2 Å². The summed E-state index contributed by atoms with van der Waals surface area (Å²) in [7, 11) is 1.80. The maximum absolute atomic E-state index is 4.93. The molecule has 82 valence electrons. The molecule has 6 heteroatoms. The molecule has 1 aromatic rings. The van der Waals surface area contributed by atoms with Crippen LogP contribution in [-0.4, -0.2) is 35.2 Å². The van der Waals surface area contributed by atoms with Crippen LogP contribution in [0, 0.1) is 0 Å². The zero-order valence-electron chi connectivity index (χ0n) is 8.66. The van der Waals surface area contributed by atoms with E-state index in [1.54, 1.807) is 19.4 Å². The molecule has 0 amide bonds. The summed E-state index contributed by atoms with van der Waals surface area (Å²) in [4.78, 5) is 7.86. The molecule has 3 N–H and O–H groups in total. The van der Waals surface area contributed by atoms with E-state index < -0.39 is 0 Å². The Balaban J connectivity index is 2.05. The first-order valence-electron chi connectivity index (χ1n) is 4.73. The molecule has 0 fully saturated rings. The Morgan fingerprint density at radius 1 is 1.33 bits per heavy atom. The molecular weight excluding hydrogens is 210 g/mol. The molecule has 1 heterocycles. The monoisotopic (exact) mass is 225 g/mol. The van der Waals surface area contributed by atoms with Gasteiger partial charge in [0.05, 0.1) is 0 Å². The summed E-state index contributed by atoms with van der Waals surface area (Å²) in [6, 6.07) is 0. The molecule has 0 spiro atoms. The molecule has 0 unspecified atom stereocenters. The van der Waals surface area contributed by atoms with Crippen molar-refractivity contribution in [3.05, 3.63) is 24.3 Å². The SMILES string of the molecule is CNC(=S)NCCNCc1cncnc1. The van der Waals surface area contributed by atoms with Crippen molar-refractivity contribution in [3.8, 4) is 0 Å². The van der Waals surface area contributed by atoms with E-state index in [-0.39, 0.29) is 0 Å². The van der Waals surface area contributed by atoms with Crippen molar-refractivity contribution in [2.45, 2.75) is 6.54 Å². The predicted molar refractivity (Wildman–Crippen MR) is 63.4 cm³/mol. The van der Waals surface area contributed by atoms with Gasteiger partial charge >= 0.3 is 0 Å². The van der Waals surface area contributed by atoms with E-state index in [0.29, 0.717) is 5.11 Å². The summed E-state index contributed by atoms with van der Waals surface area (Å²) in [6.45, 7) is 2.42. The fourth-order valence-corrected chi connectivity index (χ4v) is 1.11. The molecule has 15 heavy (non-hydrogen) atoms. The largest absolute Gasteiger partial charge is 0.366 e. The normalized spacial score (nSPS) is 9.67. The van der Waals surface area contributed by atoms with Gasteiger partial charge in [-0.1, -0.05) is 0 Å². The van der Waals surface area contributed by atoms with E-state index in [0.717, 1.165) is 25.2 Å². The van der Waals surface area contributed by atoms with Gasteiger partial charge in [0.1, 0.15) is 6.33 Å². The maximum Gasteiger partial charge on any atom is 0.166 e. The number of thiocarbonyl (C=S) groups is 1. The Morgan fingerprint density at radius 3 is 2.73 bits per heavy atom. The van der Waals surface area contributed by atoms with Crippen molar-refractivity contribution in [2.75, 3.05) is 20.1 Å². The zero-order valence-corrected chi connectivity index (χ0v) is 9.47. The quantitative estimate of drug-likeness (QED) is 0.471. The minimum atomic E-state index is 0.667. The third-order valence-corrected chi connectivity index (χ3v) is 2.11. The first-order valence-corrected chi connectivity index (χ1v) is 5.14. The maximum atomic E-state index is 4.93. The molecule has 0 atom stereocenters. The Kier molecular flexibility index (Phi) is 5.57. The van der Waals surface area contributed by atoms with Crippen LogP contribution >= 0.6 is 12.2 Å². The lowest BCUT2D eigenvalue weighted by Gasteiger charge is -2.07. The molecule has 1 rings (SSSR count). The highest BCUT2D eigenvalue weighted by atomic mass is 32.1. The van der Waals surface area contributed by atoms with Crippen LogP contribution in [-0.2, 0) is 6.54 Å². The van der Waals surface area contributed by atoms with Gasteiger partial charge in [-0.2, -0.15) is 0 Å². The molecule has 0 saturated carbocycles. The summed E-state index contributed by atoms with van der Waals surface area (Å²) in [5, 5.41) is 9.81. The fraction of sp³-hybridized carbons (Fsp3) is 0.444. The second-order valence-corrected chi connectivity index (χ2v) is 3.34. The number of nitrogens with zero attached hydrogens (tertiary/aromatic N) is 2. The van der Waals surface area contributed by atoms with E-state index in [1.807, 2.05) is 0 Å². The molecule has 0 aromatic carbocycles. The Morgan fingerprint density at radius 2 is 2.07 bits per heavy atom. The van der Waals surface area contributed by atoms with Gasteiger partial charge in [-0.15, -0.1) is 0 Å². The molecule has 0 aliphatic carbocycles. The minimum Gasteiger partial charge on any atom is -0.366 e. The van der Waals surface area contributed by atoms with Crippen LogP contribution in [0.1, 0.15) is 5.56 Å². The van der Waals surface area contributed by atoms with Crippen LogP contribution in [0.4, 0.5) is 0 Å². The lowest BCUT2D eigenvalue weighted by molar-refractivity contribution is 0.667. The highest BCUT2D eigenvalue weighted by Crippen LogP contribution is 1.90. The number of nitrogens with one attached hydrogen (secondary N) is 3. The van der Waals surface area contributed by atoms with Crippen molar-refractivity contribution >= 4 is 17.3 Å².